The van der Waals surface area contributed by atoms with Crippen molar-refractivity contribution in [3.8, 4) is 11.5 Å². The molecule has 2 heterocycles. The Bertz CT molecular complexity index is 647. The molecule has 7 heteroatoms. The number of urea groups is 1. The van der Waals surface area contributed by atoms with E-state index in [0.717, 1.165) is 6.42 Å². The average Bonchev–Trinajstić information content (AvgIpc) is 2.86. The fraction of sp³-hybridized carbons (Fsp3) is 0.556. The Morgan fingerprint density at radius 3 is 2.44 bits per heavy atom. The van der Waals surface area contributed by atoms with Gasteiger partial charge in [-0.3, -0.25) is 4.79 Å². The van der Waals surface area contributed by atoms with Gasteiger partial charge in [0.1, 0.15) is 13.2 Å². The average molecular weight is 347 g/mol. The SMILES string of the molecule is CC(C)NC(=O)N1CCCN(C(=O)c2ccc3c(c2)OCCO3)CC1. The maximum atomic E-state index is 12.8. The Labute approximate surface area is 147 Å². The van der Waals surface area contributed by atoms with E-state index in [2.05, 4.69) is 5.32 Å². The van der Waals surface area contributed by atoms with Crippen molar-refractivity contribution < 1.29 is 19.1 Å². The Hall–Kier alpha value is -2.44. The number of nitrogens with zero attached hydrogens (tertiary/aromatic N) is 2. The summed E-state index contributed by atoms with van der Waals surface area (Å²) in [7, 11) is 0. The van der Waals surface area contributed by atoms with Gasteiger partial charge < -0.3 is 24.6 Å². The largest absolute Gasteiger partial charge is 0.486 e. The lowest BCUT2D eigenvalue weighted by atomic mass is 10.1. The number of carbonyl (C=O) groups excluding carboxylic acids is 2. The summed E-state index contributed by atoms with van der Waals surface area (Å²) in [6.07, 6.45) is 0.766. The second-order valence-corrected chi connectivity index (χ2v) is 6.60. The molecule has 0 saturated carbocycles. The molecule has 7 nitrogen and oxygen atoms in total. The van der Waals surface area contributed by atoms with Crippen LogP contribution in [0.2, 0.25) is 0 Å². The Morgan fingerprint density at radius 1 is 1.00 bits per heavy atom. The first-order valence-corrected chi connectivity index (χ1v) is 8.79. The van der Waals surface area contributed by atoms with Gasteiger partial charge in [0.2, 0.25) is 0 Å². The van der Waals surface area contributed by atoms with E-state index in [-0.39, 0.29) is 18.0 Å². The van der Waals surface area contributed by atoms with E-state index in [1.807, 2.05) is 13.8 Å². The van der Waals surface area contributed by atoms with Crippen molar-refractivity contribution in [2.45, 2.75) is 26.3 Å². The number of hydrogen-bond donors (Lipinski definition) is 1. The van der Waals surface area contributed by atoms with Gasteiger partial charge in [0.05, 0.1) is 0 Å². The molecule has 1 fully saturated rings. The van der Waals surface area contributed by atoms with Gasteiger partial charge in [0, 0.05) is 37.8 Å². The van der Waals surface area contributed by atoms with Crippen molar-refractivity contribution in [2.24, 2.45) is 0 Å². The van der Waals surface area contributed by atoms with Gasteiger partial charge >= 0.3 is 6.03 Å². The molecular weight excluding hydrogens is 322 g/mol. The lowest BCUT2D eigenvalue weighted by Gasteiger charge is -2.24. The van der Waals surface area contributed by atoms with Crippen LogP contribution in [0.25, 0.3) is 0 Å². The van der Waals surface area contributed by atoms with E-state index in [9.17, 15) is 9.59 Å². The fourth-order valence-electron chi connectivity index (χ4n) is 3.02. The predicted octanol–water partition coefficient (Wildman–Crippen LogP) is 1.72. The molecule has 0 unspecified atom stereocenters. The zero-order valence-electron chi connectivity index (χ0n) is 14.8. The number of amides is 3. The third-order valence-corrected chi connectivity index (χ3v) is 4.27. The minimum absolute atomic E-state index is 0.0388. The number of carbonyl (C=O) groups is 2. The molecule has 0 radical (unpaired) electrons. The third kappa shape index (κ3) is 4.15. The molecule has 1 aromatic rings. The summed E-state index contributed by atoms with van der Waals surface area (Å²) >= 11 is 0. The summed E-state index contributed by atoms with van der Waals surface area (Å²) < 4.78 is 11.0. The molecule has 2 aliphatic rings. The summed E-state index contributed by atoms with van der Waals surface area (Å²) in [5, 5.41) is 2.90. The predicted molar refractivity (Wildman–Crippen MR) is 93.2 cm³/mol. The summed E-state index contributed by atoms with van der Waals surface area (Å²) in [5.41, 5.74) is 0.587. The van der Waals surface area contributed by atoms with Gasteiger partial charge in [-0.05, 0) is 38.5 Å². The highest BCUT2D eigenvalue weighted by molar-refractivity contribution is 5.95. The molecule has 2 aliphatic heterocycles. The first-order valence-electron chi connectivity index (χ1n) is 8.79. The number of benzene rings is 1. The minimum Gasteiger partial charge on any atom is -0.486 e. The normalized spacial score (nSPS) is 17.2. The van der Waals surface area contributed by atoms with Crippen LogP contribution in [0.3, 0.4) is 0 Å². The second kappa shape index (κ2) is 7.63. The number of nitrogens with one attached hydrogen (secondary N) is 1. The number of fused-ring (bicyclic) bond motifs is 1. The molecule has 25 heavy (non-hydrogen) atoms. The van der Waals surface area contributed by atoms with Gasteiger partial charge in [0.15, 0.2) is 11.5 Å². The number of hydrogen-bond acceptors (Lipinski definition) is 4. The topological polar surface area (TPSA) is 71.1 Å². The zero-order valence-corrected chi connectivity index (χ0v) is 14.8. The Morgan fingerprint density at radius 2 is 1.68 bits per heavy atom. The Kier molecular flexibility index (Phi) is 5.31. The summed E-state index contributed by atoms with van der Waals surface area (Å²) in [4.78, 5) is 28.5. The van der Waals surface area contributed by atoms with Crippen molar-refractivity contribution in [2.75, 3.05) is 39.4 Å². The molecule has 0 aromatic heterocycles. The number of rotatable bonds is 2. The number of ether oxygens (including phenoxy) is 2. The van der Waals surface area contributed by atoms with Crippen LogP contribution in [-0.4, -0.2) is 67.2 Å². The van der Waals surface area contributed by atoms with E-state index < -0.39 is 0 Å². The van der Waals surface area contributed by atoms with Crippen LogP contribution in [0.1, 0.15) is 30.6 Å². The van der Waals surface area contributed by atoms with Crippen LogP contribution < -0.4 is 14.8 Å². The van der Waals surface area contributed by atoms with Crippen LogP contribution in [0.5, 0.6) is 11.5 Å². The van der Waals surface area contributed by atoms with Crippen LogP contribution >= 0.6 is 0 Å². The van der Waals surface area contributed by atoms with E-state index >= 15 is 0 Å². The van der Waals surface area contributed by atoms with Crippen LogP contribution in [-0.2, 0) is 0 Å². The minimum atomic E-state index is -0.0661. The van der Waals surface area contributed by atoms with E-state index in [0.29, 0.717) is 56.5 Å². The second-order valence-electron chi connectivity index (χ2n) is 6.60. The fourth-order valence-corrected chi connectivity index (χ4v) is 3.02. The molecule has 0 bridgehead atoms. The first kappa shape index (κ1) is 17.4. The van der Waals surface area contributed by atoms with Gasteiger partial charge in [-0.25, -0.2) is 4.79 Å². The van der Waals surface area contributed by atoms with Gasteiger partial charge in [0.25, 0.3) is 5.91 Å². The standard InChI is InChI=1S/C18H25N3O4/c1-13(2)19-18(23)21-7-3-6-20(8-9-21)17(22)14-4-5-15-16(12-14)25-11-10-24-15/h4-5,12-13H,3,6-11H2,1-2H3,(H,19,23). The molecule has 136 valence electrons. The molecule has 3 amide bonds. The molecule has 1 N–H and O–H groups in total. The maximum Gasteiger partial charge on any atom is 0.317 e. The summed E-state index contributed by atoms with van der Waals surface area (Å²) in [6.45, 7) is 7.26. The molecule has 0 spiro atoms. The quantitative estimate of drug-likeness (QED) is 0.884. The molecule has 1 saturated heterocycles. The lowest BCUT2D eigenvalue weighted by Crippen LogP contribution is -2.44. The van der Waals surface area contributed by atoms with E-state index in [4.69, 9.17) is 9.47 Å². The molecule has 0 atom stereocenters. The smallest absolute Gasteiger partial charge is 0.317 e. The first-order chi connectivity index (χ1) is 12.0. The maximum absolute atomic E-state index is 12.8. The van der Waals surface area contributed by atoms with Crippen molar-refractivity contribution in [3.63, 3.8) is 0 Å². The van der Waals surface area contributed by atoms with Crippen LogP contribution in [0, 0.1) is 0 Å². The molecule has 1 aromatic carbocycles. The van der Waals surface area contributed by atoms with Crippen molar-refractivity contribution in [1.82, 2.24) is 15.1 Å². The lowest BCUT2D eigenvalue weighted by molar-refractivity contribution is 0.0761. The zero-order chi connectivity index (χ0) is 17.8. The van der Waals surface area contributed by atoms with Gasteiger partial charge in [-0.2, -0.15) is 0 Å². The van der Waals surface area contributed by atoms with Gasteiger partial charge in [-0.1, -0.05) is 0 Å². The summed E-state index contributed by atoms with van der Waals surface area (Å²) in [5.74, 6) is 1.25. The molecular formula is C18H25N3O4. The summed E-state index contributed by atoms with van der Waals surface area (Å²) in [6, 6.07) is 5.33. The van der Waals surface area contributed by atoms with E-state index in [1.54, 1.807) is 28.0 Å². The van der Waals surface area contributed by atoms with Crippen LogP contribution in [0.4, 0.5) is 4.79 Å². The monoisotopic (exact) mass is 347 g/mol. The highest BCUT2D eigenvalue weighted by atomic mass is 16.6. The highest BCUT2D eigenvalue weighted by Gasteiger charge is 2.24. The third-order valence-electron chi connectivity index (χ3n) is 4.27. The van der Waals surface area contributed by atoms with Crippen molar-refractivity contribution >= 4 is 11.9 Å². The highest BCUT2D eigenvalue weighted by Crippen LogP contribution is 2.31. The Balaban J connectivity index is 1.64. The van der Waals surface area contributed by atoms with Crippen molar-refractivity contribution in [3.05, 3.63) is 23.8 Å². The van der Waals surface area contributed by atoms with Gasteiger partial charge in [-0.15, -0.1) is 0 Å². The van der Waals surface area contributed by atoms with Crippen LogP contribution in [0.15, 0.2) is 18.2 Å². The molecule has 3 rings (SSSR count). The van der Waals surface area contributed by atoms with Crippen molar-refractivity contribution in [1.29, 1.82) is 0 Å². The molecule has 0 aliphatic carbocycles. The van der Waals surface area contributed by atoms with E-state index in [1.165, 1.54) is 0 Å².